The highest BCUT2D eigenvalue weighted by Crippen LogP contribution is 2.28. The quantitative estimate of drug-likeness (QED) is 0.621. The monoisotopic (exact) mass is 190 g/mol. The average molecular weight is 191 g/mol. The summed E-state index contributed by atoms with van der Waals surface area (Å²) in [5.41, 5.74) is 0. The van der Waals surface area contributed by atoms with Gasteiger partial charge in [0.05, 0.1) is 6.10 Å². The molecule has 1 aliphatic rings. The first kappa shape index (κ1) is 10.3. The molecule has 0 saturated carbocycles. The van der Waals surface area contributed by atoms with Gasteiger partial charge in [-0.3, -0.25) is 0 Å². The van der Waals surface area contributed by atoms with Crippen LogP contribution in [0.1, 0.15) is 39.5 Å². The van der Waals surface area contributed by atoms with Crippen LogP contribution in [0.2, 0.25) is 0 Å². The first-order valence-corrected chi connectivity index (χ1v) is 5.43. The second kappa shape index (κ2) is 5.08. The second-order valence-electron chi connectivity index (χ2n) is 3.77. The van der Waals surface area contributed by atoms with E-state index in [1.807, 2.05) is 0 Å². The van der Waals surface area contributed by atoms with E-state index in [4.69, 9.17) is 16.3 Å². The second-order valence-corrected chi connectivity index (χ2v) is 4.33. The lowest BCUT2D eigenvalue weighted by Gasteiger charge is -2.30. The van der Waals surface area contributed by atoms with E-state index in [2.05, 4.69) is 13.8 Å². The molecule has 1 rings (SSSR count). The largest absolute Gasteiger partial charge is 0.378 e. The molecule has 1 saturated heterocycles. The Labute approximate surface area is 80.4 Å². The highest BCUT2D eigenvalue weighted by molar-refractivity contribution is 6.20. The Morgan fingerprint density at radius 3 is 2.92 bits per heavy atom. The van der Waals surface area contributed by atoms with Gasteiger partial charge in [0.1, 0.15) is 0 Å². The average Bonchev–Trinajstić information content (AvgIpc) is 2.05. The summed E-state index contributed by atoms with van der Waals surface area (Å²) in [4.78, 5) is 0. The SMILES string of the molecule is CCCC(Cl)C1CCOC(C)C1. The smallest absolute Gasteiger partial charge is 0.0550 e. The summed E-state index contributed by atoms with van der Waals surface area (Å²) in [6.45, 7) is 5.23. The zero-order valence-corrected chi connectivity index (χ0v) is 8.81. The van der Waals surface area contributed by atoms with E-state index in [1.54, 1.807) is 0 Å². The van der Waals surface area contributed by atoms with Crippen LogP contribution in [-0.2, 0) is 4.74 Å². The zero-order chi connectivity index (χ0) is 8.97. The van der Waals surface area contributed by atoms with E-state index in [0.29, 0.717) is 17.4 Å². The highest BCUT2D eigenvalue weighted by Gasteiger charge is 2.24. The van der Waals surface area contributed by atoms with Crippen LogP contribution in [0.25, 0.3) is 0 Å². The number of halogens is 1. The molecule has 2 heteroatoms. The molecular formula is C10H19ClO. The predicted octanol–water partition coefficient (Wildman–Crippen LogP) is 3.21. The fourth-order valence-corrected chi connectivity index (χ4v) is 2.32. The Bertz CT molecular complexity index is 127. The molecule has 1 nitrogen and oxygen atoms in total. The van der Waals surface area contributed by atoms with Gasteiger partial charge in [0.15, 0.2) is 0 Å². The van der Waals surface area contributed by atoms with Crippen molar-refractivity contribution < 1.29 is 4.74 Å². The first-order chi connectivity index (χ1) is 5.74. The van der Waals surface area contributed by atoms with Crippen molar-refractivity contribution in [3.63, 3.8) is 0 Å². The molecule has 1 heterocycles. The summed E-state index contributed by atoms with van der Waals surface area (Å²) in [5, 5.41) is 0.376. The molecule has 12 heavy (non-hydrogen) atoms. The standard InChI is InChI=1S/C10H19ClO/c1-3-4-10(11)9-5-6-12-8(2)7-9/h8-10H,3-7H2,1-2H3. The fraction of sp³-hybridized carbons (Fsp3) is 1.00. The Balaban J connectivity index is 2.29. The van der Waals surface area contributed by atoms with E-state index in [9.17, 15) is 0 Å². The van der Waals surface area contributed by atoms with Crippen molar-refractivity contribution in [1.29, 1.82) is 0 Å². The van der Waals surface area contributed by atoms with Gasteiger partial charge in [0.2, 0.25) is 0 Å². The Morgan fingerprint density at radius 2 is 2.33 bits per heavy atom. The molecular weight excluding hydrogens is 172 g/mol. The third kappa shape index (κ3) is 2.95. The van der Waals surface area contributed by atoms with Crippen LogP contribution in [-0.4, -0.2) is 18.1 Å². The third-order valence-corrected chi connectivity index (χ3v) is 3.18. The number of hydrogen-bond acceptors (Lipinski definition) is 1. The van der Waals surface area contributed by atoms with Crippen molar-refractivity contribution in [2.75, 3.05) is 6.61 Å². The van der Waals surface area contributed by atoms with Crippen molar-refractivity contribution >= 4 is 11.6 Å². The molecule has 0 bridgehead atoms. The van der Waals surface area contributed by atoms with Gasteiger partial charge < -0.3 is 4.74 Å². The van der Waals surface area contributed by atoms with E-state index in [0.717, 1.165) is 25.9 Å². The molecule has 0 aliphatic carbocycles. The van der Waals surface area contributed by atoms with E-state index >= 15 is 0 Å². The van der Waals surface area contributed by atoms with E-state index in [-0.39, 0.29) is 0 Å². The molecule has 0 aromatic carbocycles. The van der Waals surface area contributed by atoms with Gasteiger partial charge in [0, 0.05) is 12.0 Å². The summed E-state index contributed by atoms with van der Waals surface area (Å²) in [6, 6.07) is 0. The highest BCUT2D eigenvalue weighted by atomic mass is 35.5. The molecule has 0 spiro atoms. The van der Waals surface area contributed by atoms with Gasteiger partial charge in [-0.05, 0) is 32.1 Å². The first-order valence-electron chi connectivity index (χ1n) is 4.99. The van der Waals surface area contributed by atoms with E-state index < -0.39 is 0 Å². The normalized spacial score (nSPS) is 33.2. The summed E-state index contributed by atoms with van der Waals surface area (Å²) >= 11 is 6.27. The molecule has 1 aliphatic heterocycles. The van der Waals surface area contributed by atoms with E-state index in [1.165, 1.54) is 6.42 Å². The van der Waals surface area contributed by atoms with Gasteiger partial charge in [-0.15, -0.1) is 11.6 Å². The lowest BCUT2D eigenvalue weighted by atomic mass is 9.91. The molecule has 3 atom stereocenters. The predicted molar refractivity (Wildman–Crippen MR) is 52.7 cm³/mol. The maximum absolute atomic E-state index is 6.27. The third-order valence-electron chi connectivity index (χ3n) is 2.60. The van der Waals surface area contributed by atoms with Crippen LogP contribution in [0.3, 0.4) is 0 Å². The van der Waals surface area contributed by atoms with Crippen molar-refractivity contribution in [1.82, 2.24) is 0 Å². The molecule has 1 fully saturated rings. The maximum atomic E-state index is 6.27. The van der Waals surface area contributed by atoms with Crippen LogP contribution in [0, 0.1) is 5.92 Å². The number of ether oxygens (including phenoxy) is 1. The molecule has 0 amide bonds. The molecule has 0 aromatic heterocycles. The molecule has 0 aromatic rings. The molecule has 0 N–H and O–H groups in total. The zero-order valence-electron chi connectivity index (χ0n) is 8.05. The molecule has 0 radical (unpaired) electrons. The van der Waals surface area contributed by atoms with Gasteiger partial charge >= 0.3 is 0 Å². The lowest BCUT2D eigenvalue weighted by Crippen LogP contribution is -2.28. The lowest BCUT2D eigenvalue weighted by molar-refractivity contribution is 0.00138. The summed E-state index contributed by atoms with van der Waals surface area (Å²) < 4.78 is 5.48. The number of alkyl halides is 1. The summed E-state index contributed by atoms with van der Waals surface area (Å²) in [6.07, 6.45) is 5.06. The topological polar surface area (TPSA) is 9.23 Å². The van der Waals surface area contributed by atoms with Crippen molar-refractivity contribution in [3.8, 4) is 0 Å². The van der Waals surface area contributed by atoms with Crippen molar-refractivity contribution in [3.05, 3.63) is 0 Å². The van der Waals surface area contributed by atoms with Gasteiger partial charge in [-0.25, -0.2) is 0 Å². The minimum Gasteiger partial charge on any atom is -0.378 e. The van der Waals surface area contributed by atoms with Gasteiger partial charge in [0.25, 0.3) is 0 Å². The van der Waals surface area contributed by atoms with Crippen LogP contribution >= 0.6 is 11.6 Å². The van der Waals surface area contributed by atoms with Crippen LogP contribution in [0.5, 0.6) is 0 Å². The minimum absolute atomic E-state index is 0.376. The minimum atomic E-state index is 0.376. The summed E-state index contributed by atoms with van der Waals surface area (Å²) in [7, 11) is 0. The Morgan fingerprint density at radius 1 is 1.58 bits per heavy atom. The maximum Gasteiger partial charge on any atom is 0.0550 e. The van der Waals surface area contributed by atoms with Crippen molar-refractivity contribution in [2.45, 2.75) is 51.0 Å². The summed E-state index contributed by atoms with van der Waals surface area (Å²) in [5.74, 6) is 0.690. The number of rotatable bonds is 3. The van der Waals surface area contributed by atoms with Crippen LogP contribution < -0.4 is 0 Å². The van der Waals surface area contributed by atoms with Crippen molar-refractivity contribution in [2.24, 2.45) is 5.92 Å². The molecule has 72 valence electrons. The van der Waals surface area contributed by atoms with Crippen LogP contribution in [0.4, 0.5) is 0 Å². The Kier molecular flexibility index (Phi) is 4.38. The van der Waals surface area contributed by atoms with Crippen LogP contribution in [0.15, 0.2) is 0 Å². The van der Waals surface area contributed by atoms with Gasteiger partial charge in [-0.1, -0.05) is 13.3 Å². The Hall–Kier alpha value is 0.250. The number of hydrogen-bond donors (Lipinski definition) is 0. The molecule has 3 unspecified atom stereocenters. The fourth-order valence-electron chi connectivity index (χ4n) is 1.87. The van der Waals surface area contributed by atoms with Gasteiger partial charge in [-0.2, -0.15) is 0 Å².